The van der Waals surface area contributed by atoms with Gasteiger partial charge < -0.3 is 9.97 Å². The number of aromatic amines is 2. The summed E-state index contributed by atoms with van der Waals surface area (Å²) < 4.78 is 2.69. The largest absolute Gasteiger partial charge is 0.354 e. The first-order chi connectivity index (χ1) is 16.0. The Morgan fingerprint density at radius 2 is 0.941 bits per heavy atom. The quantitative estimate of drug-likeness (QED) is 0.246. The summed E-state index contributed by atoms with van der Waals surface area (Å²) in [5.74, 6) is 0. The van der Waals surface area contributed by atoms with Gasteiger partial charge in [0, 0.05) is 31.2 Å². The topological polar surface area (TPSA) is 31.6 Å². The fraction of sp³-hybridized carbons (Fsp3) is 0.267. The van der Waals surface area contributed by atoms with Crippen LogP contribution in [-0.4, -0.2) is 9.97 Å². The predicted octanol–water partition coefficient (Wildman–Crippen LogP) is 9.85. The van der Waals surface area contributed by atoms with E-state index in [1.165, 1.54) is 63.5 Å². The van der Waals surface area contributed by atoms with Gasteiger partial charge in [0.05, 0.1) is 21.1 Å². The van der Waals surface area contributed by atoms with Crippen LogP contribution < -0.4 is 0 Å². The van der Waals surface area contributed by atoms with Gasteiger partial charge in [-0.1, -0.05) is 53.7 Å². The first-order valence-electron chi connectivity index (χ1n) is 11.9. The molecule has 4 heterocycles. The van der Waals surface area contributed by atoms with Gasteiger partial charge in [0.1, 0.15) is 0 Å². The highest BCUT2D eigenvalue weighted by Crippen LogP contribution is 2.42. The van der Waals surface area contributed by atoms with Crippen molar-refractivity contribution in [3.8, 4) is 21.1 Å². The standard InChI is InChI=1S/C30H30N2S2/c1-29(2,3)19-7-9-21-17(11-19)13-23(31-21)25-15-27-28(33-25)16-26(34-27)24-14-18-12-20(30(4,5)6)8-10-22(18)32-24/h7-16,31-32H,1-6H3. The first-order valence-corrected chi connectivity index (χ1v) is 13.5. The molecule has 0 saturated heterocycles. The summed E-state index contributed by atoms with van der Waals surface area (Å²) in [7, 11) is 0. The molecule has 0 fully saturated rings. The minimum absolute atomic E-state index is 0.157. The SMILES string of the molecule is CC(C)(C)c1ccc2[nH]c(-c3cc4sc(-c5cc6cc(C(C)(C)C)ccc6[nH]5)cc4s3)cc2c1. The van der Waals surface area contributed by atoms with Crippen molar-refractivity contribution in [2.45, 2.75) is 52.4 Å². The number of rotatable bonds is 2. The van der Waals surface area contributed by atoms with Gasteiger partial charge in [0.2, 0.25) is 0 Å². The summed E-state index contributed by atoms with van der Waals surface area (Å²) in [6.45, 7) is 13.6. The number of hydrogen-bond donors (Lipinski definition) is 2. The van der Waals surface area contributed by atoms with E-state index in [1.807, 2.05) is 22.7 Å². The van der Waals surface area contributed by atoms with Gasteiger partial charge in [-0.05, 0) is 70.5 Å². The molecule has 0 bridgehead atoms. The average molecular weight is 483 g/mol. The van der Waals surface area contributed by atoms with Crippen LogP contribution in [0, 0.1) is 0 Å². The Kier molecular flexibility index (Phi) is 4.68. The lowest BCUT2D eigenvalue weighted by Gasteiger charge is -2.18. The third-order valence-electron chi connectivity index (χ3n) is 6.71. The van der Waals surface area contributed by atoms with Gasteiger partial charge in [-0.3, -0.25) is 0 Å². The molecule has 0 atom stereocenters. The molecular weight excluding hydrogens is 452 g/mol. The van der Waals surface area contributed by atoms with Crippen LogP contribution in [0.25, 0.3) is 52.3 Å². The van der Waals surface area contributed by atoms with Gasteiger partial charge in [-0.15, -0.1) is 22.7 Å². The molecule has 34 heavy (non-hydrogen) atoms. The minimum Gasteiger partial charge on any atom is -0.354 e. The Bertz CT molecular complexity index is 1520. The fourth-order valence-electron chi connectivity index (χ4n) is 4.57. The van der Waals surface area contributed by atoms with Crippen molar-refractivity contribution in [1.29, 1.82) is 0 Å². The lowest BCUT2D eigenvalue weighted by atomic mass is 9.86. The molecule has 4 heteroatoms. The van der Waals surface area contributed by atoms with Gasteiger partial charge in [-0.2, -0.15) is 0 Å². The number of nitrogens with one attached hydrogen (secondary N) is 2. The summed E-state index contributed by atoms with van der Waals surface area (Å²) in [5.41, 5.74) is 7.87. The summed E-state index contributed by atoms with van der Waals surface area (Å²) in [5, 5.41) is 2.57. The molecule has 0 unspecified atom stereocenters. The second-order valence-corrected chi connectivity index (χ2v) is 13.6. The van der Waals surface area contributed by atoms with Crippen LogP contribution in [0.3, 0.4) is 0 Å². The number of aromatic nitrogens is 2. The van der Waals surface area contributed by atoms with Crippen molar-refractivity contribution >= 4 is 53.9 Å². The van der Waals surface area contributed by atoms with Gasteiger partial charge in [0.25, 0.3) is 0 Å². The molecule has 6 rings (SSSR count). The molecule has 0 saturated carbocycles. The molecule has 172 valence electrons. The van der Waals surface area contributed by atoms with Crippen molar-refractivity contribution in [2.75, 3.05) is 0 Å². The molecule has 0 radical (unpaired) electrons. The Hall–Kier alpha value is -2.82. The zero-order valence-electron chi connectivity index (χ0n) is 20.6. The van der Waals surface area contributed by atoms with Crippen LogP contribution in [0.1, 0.15) is 52.7 Å². The molecule has 4 aromatic heterocycles. The van der Waals surface area contributed by atoms with Crippen LogP contribution in [0.15, 0.2) is 60.7 Å². The van der Waals surface area contributed by atoms with E-state index in [0.29, 0.717) is 0 Å². The molecule has 0 aliphatic heterocycles. The second kappa shape index (κ2) is 7.34. The maximum absolute atomic E-state index is 3.63. The van der Waals surface area contributed by atoms with E-state index >= 15 is 0 Å². The van der Waals surface area contributed by atoms with Crippen molar-refractivity contribution in [1.82, 2.24) is 9.97 Å². The summed E-state index contributed by atoms with van der Waals surface area (Å²) in [4.78, 5) is 9.86. The van der Waals surface area contributed by atoms with E-state index in [-0.39, 0.29) is 10.8 Å². The van der Waals surface area contributed by atoms with E-state index in [4.69, 9.17) is 0 Å². The Morgan fingerprint density at radius 3 is 1.32 bits per heavy atom. The third-order valence-corrected chi connectivity index (χ3v) is 9.07. The molecule has 0 spiro atoms. The second-order valence-electron chi connectivity index (χ2n) is 11.4. The van der Waals surface area contributed by atoms with E-state index in [2.05, 4.69) is 112 Å². The Labute approximate surface area is 208 Å². The smallest absolute Gasteiger partial charge is 0.0567 e. The average Bonchev–Trinajstić information content (AvgIpc) is 3.50. The van der Waals surface area contributed by atoms with Crippen molar-refractivity contribution in [3.63, 3.8) is 0 Å². The molecule has 0 amide bonds. The van der Waals surface area contributed by atoms with Crippen LogP contribution in [0.4, 0.5) is 0 Å². The molecule has 2 N–H and O–H groups in total. The molecule has 2 nitrogen and oxygen atoms in total. The molecule has 6 aromatic rings. The van der Waals surface area contributed by atoms with Gasteiger partial charge >= 0.3 is 0 Å². The lowest BCUT2D eigenvalue weighted by molar-refractivity contribution is 0.591. The monoisotopic (exact) mass is 482 g/mol. The van der Waals surface area contributed by atoms with Crippen LogP contribution >= 0.6 is 22.7 Å². The van der Waals surface area contributed by atoms with E-state index in [1.54, 1.807) is 0 Å². The number of H-pyrrole nitrogens is 2. The normalized spacial score (nSPS) is 13.0. The number of benzene rings is 2. The maximum Gasteiger partial charge on any atom is 0.0567 e. The first kappa shape index (κ1) is 21.7. The van der Waals surface area contributed by atoms with E-state index in [9.17, 15) is 0 Å². The maximum atomic E-state index is 3.63. The number of thiophene rings is 2. The third kappa shape index (κ3) is 3.70. The molecule has 0 aliphatic rings. The van der Waals surface area contributed by atoms with Crippen LogP contribution in [-0.2, 0) is 10.8 Å². The Morgan fingerprint density at radius 1 is 0.529 bits per heavy atom. The minimum atomic E-state index is 0.157. The molecule has 0 aliphatic carbocycles. The predicted molar refractivity (Wildman–Crippen MR) is 152 cm³/mol. The van der Waals surface area contributed by atoms with Crippen LogP contribution in [0.5, 0.6) is 0 Å². The number of hydrogen-bond acceptors (Lipinski definition) is 2. The summed E-state index contributed by atoms with van der Waals surface area (Å²) >= 11 is 3.74. The zero-order valence-corrected chi connectivity index (χ0v) is 22.2. The molecule has 2 aromatic carbocycles. The van der Waals surface area contributed by atoms with E-state index < -0.39 is 0 Å². The summed E-state index contributed by atoms with van der Waals surface area (Å²) in [6.07, 6.45) is 0. The molecular formula is C30H30N2S2. The summed E-state index contributed by atoms with van der Waals surface area (Å²) in [6, 6.07) is 22.8. The van der Waals surface area contributed by atoms with Crippen LogP contribution in [0.2, 0.25) is 0 Å². The Balaban J connectivity index is 1.34. The number of fused-ring (bicyclic) bond motifs is 3. The van der Waals surface area contributed by atoms with Gasteiger partial charge in [0.15, 0.2) is 0 Å². The van der Waals surface area contributed by atoms with E-state index in [0.717, 1.165) is 0 Å². The van der Waals surface area contributed by atoms with Crippen molar-refractivity contribution in [2.24, 2.45) is 0 Å². The highest BCUT2D eigenvalue weighted by Gasteiger charge is 2.17. The zero-order chi connectivity index (χ0) is 23.8. The van der Waals surface area contributed by atoms with Crippen molar-refractivity contribution in [3.05, 3.63) is 71.8 Å². The highest BCUT2D eigenvalue weighted by atomic mass is 32.1. The fourth-order valence-corrected chi connectivity index (χ4v) is 6.90. The van der Waals surface area contributed by atoms with Gasteiger partial charge in [-0.25, -0.2) is 0 Å². The highest BCUT2D eigenvalue weighted by molar-refractivity contribution is 7.31. The lowest BCUT2D eigenvalue weighted by Crippen LogP contribution is -2.10. The van der Waals surface area contributed by atoms with Crippen molar-refractivity contribution < 1.29 is 0 Å².